The molecule has 3 N–H and O–H groups in total. The van der Waals surface area contributed by atoms with Crippen LogP contribution in [0.5, 0.6) is 0 Å². The molecule has 0 aromatic rings. The van der Waals surface area contributed by atoms with Crippen LogP contribution in [0.1, 0.15) is 121 Å². The number of methoxy groups -OCH3 is 2. The van der Waals surface area contributed by atoms with Gasteiger partial charge in [0, 0.05) is 12.1 Å². The van der Waals surface area contributed by atoms with E-state index in [-0.39, 0.29) is 54.4 Å². The third kappa shape index (κ3) is 22.7. The molecular formula is C31H67Cl2N3O7S2. The fraction of sp³-hybridized carbons (Fsp3) is 0.935. The minimum absolute atomic E-state index is 0. The third-order valence-corrected chi connectivity index (χ3v) is 12.1. The van der Waals surface area contributed by atoms with Crippen LogP contribution in [-0.2, 0) is 39.1 Å². The summed E-state index contributed by atoms with van der Waals surface area (Å²) in [5, 5.41) is 0. The zero-order chi connectivity index (χ0) is 34.0. The molecule has 274 valence electrons. The van der Waals surface area contributed by atoms with Crippen molar-refractivity contribution < 1.29 is 31.7 Å². The molecule has 14 heteroatoms. The number of hydrogen-bond donors (Lipinski definition) is 2. The Hall–Kier alpha value is -0.500. The molecule has 1 unspecified atom stereocenters. The molecule has 0 radical (unpaired) electrons. The molecule has 0 spiro atoms. The number of nitrogens with zero attached hydrogens (tertiary/aromatic N) is 1. The monoisotopic (exact) mass is 727 g/mol. The molecule has 2 fully saturated rings. The van der Waals surface area contributed by atoms with Crippen LogP contribution < -0.4 is 10.5 Å². The van der Waals surface area contributed by atoms with Gasteiger partial charge in [-0.1, -0.05) is 28.2 Å². The first-order chi connectivity index (χ1) is 19.7. The highest BCUT2D eigenvalue weighted by molar-refractivity contribution is 8.09. The minimum atomic E-state index is -3.31. The highest BCUT2D eigenvalue weighted by Gasteiger charge is 2.34. The van der Waals surface area contributed by atoms with Crippen molar-refractivity contribution in [2.24, 2.45) is 17.6 Å². The van der Waals surface area contributed by atoms with Gasteiger partial charge in [-0.3, -0.25) is 9.59 Å². The smallest absolute Gasteiger partial charge is 0.308 e. The number of halogens is 2. The van der Waals surface area contributed by atoms with Gasteiger partial charge in [0.1, 0.15) is 10.0 Å². The zero-order valence-electron chi connectivity index (χ0n) is 29.1. The minimum Gasteiger partial charge on any atom is -0.469 e. The van der Waals surface area contributed by atoms with Gasteiger partial charge in [-0.25, -0.2) is 17.3 Å². The van der Waals surface area contributed by atoms with Gasteiger partial charge in [0.25, 0.3) is 0 Å². The van der Waals surface area contributed by atoms with Crippen molar-refractivity contribution in [3.05, 3.63) is 0 Å². The van der Waals surface area contributed by atoms with E-state index in [1.807, 2.05) is 20.8 Å². The van der Waals surface area contributed by atoms with Gasteiger partial charge in [-0.2, -0.15) is 0 Å². The molecule has 2 rings (SSSR count). The third-order valence-electron chi connectivity index (χ3n) is 7.52. The standard InChI is InChI=1S/C12H23NO4S.C8H15NO2.C6H15N.C4H9ClOS.CH4.ClH/c1-12(2,3)18(15,16)13-10-7-5-9(6-8-10)11(14)17-4;1-11-8(10)6-2-4-7(9)5-3-6;1-4-7(5-2)6-3;1-4(2,3)7(5)6;;/h9-10,13H,5-8H2,1-4H3;6-7H,2-5,9H2,1H3;4-6H2,1-3H3;1-3H3;1H4;1H. The molecule has 2 aliphatic carbocycles. The molecule has 10 nitrogen and oxygen atoms in total. The second kappa shape index (κ2) is 25.5. The summed E-state index contributed by atoms with van der Waals surface area (Å²) in [4.78, 5) is 24.7. The molecule has 0 amide bonds. The van der Waals surface area contributed by atoms with E-state index in [0.29, 0.717) is 31.7 Å². The number of rotatable bonds is 7. The van der Waals surface area contributed by atoms with Gasteiger partial charge >= 0.3 is 11.9 Å². The molecule has 0 aromatic carbocycles. The first-order valence-corrected chi connectivity index (χ1v) is 18.9. The van der Waals surface area contributed by atoms with E-state index in [0.717, 1.165) is 25.7 Å². The molecular weight excluding hydrogens is 661 g/mol. The largest absolute Gasteiger partial charge is 0.469 e. The van der Waals surface area contributed by atoms with E-state index in [1.54, 1.807) is 20.8 Å². The van der Waals surface area contributed by atoms with Crippen LogP contribution in [-0.4, -0.2) is 84.9 Å². The fourth-order valence-electron chi connectivity index (χ4n) is 4.20. The molecule has 2 saturated carbocycles. The Kier molecular flexibility index (Phi) is 29.1. The van der Waals surface area contributed by atoms with E-state index in [9.17, 15) is 22.2 Å². The molecule has 0 heterocycles. The number of sulfonamides is 1. The first-order valence-electron chi connectivity index (χ1n) is 15.4. The Morgan fingerprint density at radius 3 is 1.36 bits per heavy atom. The van der Waals surface area contributed by atoms with Gasteiger partial charge in [0.2, 0.25) is 10.0 Å². The average molecular weight is 729 g/mol. The molecule has 0 aliphatic heterocycles. The van der Waals surface area contributed by atoms with Crippen molar-refractivity contribution in [2.75, 3.05) is 33.9 Å². The van der Waals surface area contributed by atoms with Crippen molar-refractivity contribution >= 4 is 55.1 Å². The maximum atomic E-state index is 12.0. The molecule has 45 heavy (non-hydrogen) atoms. The maximum Gasteiger partial charge on any atom is 0.308 e. The number of ether oxygens (including phenoxy) is 2. The predicted molar refractivity (Wildman–Crippen MR) is 193 cm³/mol. The summed E-state index contributed by atoms with van der Waals surface area (Å²) in [6.45, 7) is 20.6. The lowest BCUT2D eigenvalue weighted by Crippen LogP contribution is -2.46. The van der Waals surface area contributed by atoms with Crippen LogP contribution in [0.4, 0.5) is 0 Å². The lowest BCUT2D eigenvalue weighted by molar-refractivity contribution is -0.147. The summed E-state index contributed by atoms with van der Waals surface area (Å²) in [5.41, 5.74) is 5.69. The van der Waals surface area contributed by atoms with E-state index in [4.69, 9.17) is 21.2 Å². The first kappa shape index (κ1) is 51.3. The van der Waals surface area contributed by atoms with E-state index in [1.165, 1.54) is 33.9 Å². The summed E-state index contributed by atoms with van der Waals surface area (Å²) in [5.74, 6) is -0.228. The van der Waals surface area contributed by atoms with Crippen molar-refractivity contribution in [2.45, 2.75) is 143 Å². The van der Waals surface area contributed by atoms with Crippen LogP contribution in [0.2, 0.25) is 0 Å². The normalized spacial score (nSPS) is 22.2. The van der Waals surface area contributed by atoms with Crippen molar-refractivity contribution in [1.29, 1.82) is 0 Å². The van der Waals surface area contributed by atoms with Gasteiger partial charge in [0.15, 0.2) is 0 Å². The number of nitrogens with two attached hydrogens (primary N) is 1. The Bertz CT molecular complexity index is 902. The molecule has 0 bridgehead atoms. The van der Waals surface area contributed by atoms with E-state index in [2.05, 4.69) is 35.1 Å². The second-order valence-electron chi connectivity index (χ2n) is 12.9. The molecule has 2 aliphatic rings. The highest BCUT2D eigenvalue weighted by Crippen LogP contribution is 2.27. The van der Waals surface area contributed by atoms with Gasteiger partial charge in [-0.05, 0) is 123 Å². The summed E-state index contributed by atoms with van der Waals surface area (Å²) in [6, 6.07) is 0.242. The molecule has 0 saturated heterocycles. The van der Waals surface area contributed by atoms with Crippen molar-refractivity contribution in [3.63, 3.8) is 0 Å². The number of hydrogen-bond acceptors (Lipinski definition) is 9. The highest BCUT2D eigenvalue weighted by atomic mass is 35.7. The maximum absolute atomic E-state index is 12.0. The summed E-state index contributed by atoms with van der Waals surface area (Å²) in [6.07, 6.45) is 6.46. The average Bonchev–Trinajstić information content (AvgIpc) is 2.93. The zero-order valence-corrected chi connectivity index (χ0v) is 32.3. The summed E-state index contributed by atoms with van der Waals surface area (Å²) < 4.78 is 45.3. The Morgan fingerprint density at radius 2 is 1.13 bits per heavy atom. The van der Waals surface area contributed by atoms with Crippen molar-refractivity contribution in [3.8, 4) is 0 Å². The van der Waals surface area contributed by atoms with Crippen LogP contribution in [0.3, 0.4) is 0 Å². The lowest BCUT2D eigenvalue weighted by atomic mass is 9.86. The number of carbonyl (C=O) groups excluding carboxylic acids is 2. The Morgan fingerprint density at radius 1 is 0.822 bits per heavy atom. The van der Waals surface area contributed by atoms with Crippen LogP contribution >= 0.6 is 23.1 Å². The van der Waals surface area contributed by atoms with Gasteiger partial charge < -0.3 is 20.1 Å². The second-order valence-corrected chi connectivity index (χ2v) is 17.9. The number of carbonyl (C=O) groups is 2. The topological polar surface area (TPSA) is 145 Å². The predicted octanol–water partition coefficient (Wildman–Crippen LogP) is 6.21. The SMILES string of the molecule is C.CC(C)(C)S(=O)Cl.CCN(CC)CC.COC(=O)C1CCC(N)CC1.COC(=O)C1CCC(NS(=O)(=O)C(C)(C)C)CC1.Cl. The molecule has 1 atom stereocenters. The quantitative estimate of drug-likeness (QED) is 0.231. The fourth-order valence-corrected chi connectivity index (χ4v) is 5.23. The van der Waals surface area contributed by atoms with E-state index < -0.39 is 24.8 Å². The van der Waals surface area contributed by atoms with Crippen LogP contribution in [0, 0.1) is 11.8 Å². The van der Waals surface area contributed by atoms with Crippen molar-refractivity contribution in [1.82, 2.24) is 9.62 Å². The van der Waals surface area contributed by atoms with Crippen LogP contribution in [0.15, 0.2) is 0 Å². The lowest BCUT2D eigenvalue weighted by Gasteiger charge is -2.30. The van der Waals surface area contributed by atoms with E-state index >= 15 is 0 Å². The number of esters is 2. The van der Waals surface area contributed by atoms with Crippen LogP contribution in [0.25, 0.3) is 0 Å². The summed E-state index contributed by atoms with van der Waals surface area (Å²) >= 11 is 0. The molecule has 0 aromatic heterocycles. The van der Waals surface area contributed by atoms with Gasteiger partial charge in [-0.15, -0.1) is 12.4 Å². The number of nitrogens with one attached hydrogen (secondary N) is 1. The summed E-state index contributed by atoms with van der Waals surface area (Å²) in [7, 11) is 3.54. The Labute approximate surface area is 289 Å². The van der Waals surface area contributed by atoms with Gasteiger partial charge in [0.05, 0.1) is 35.5 Å². The Balaban J connectivity index is -0.000000268.